The predicted octanol–water partition coefficient (Wildman–Crippen LogP) is 3.66. The van der Waals surface area contributed by atoms with E-state index in [1.165, 1.54) is 49.8 Å². The number of hydrogen-bond acceptors (Lipinski definition) is 4. The first-order valence-electron chi connectivity index (χ1n) is 8.52. The van der Waals surface area contributed by atoms with Crippen LogP contribution in [-0.4, -0.2) is 23.6 Å². The maximum atomic E-state index is 6.07. The lowest BCUT2D eigenvalue weighted by molar-refractivity contribution is -0.000219. The second-order valence-electron chi connectivity index (χ2n) is 6.23. The summed E-state index contributed by atoms with van der Waals surface area (Å²) in [5, 5.41) is 3.26. The molecule has 1 fully saturated rings. The predicted molar refractivity (Wildman–Crippen MR) is 84.5 cm³/mol. The van der Waals surface area contributed by atoms with E-state index in [9.17, 15) is 0 Å². The lowest BCUT2D eigenvalue weighted by atomic mass is 9.85. The number of nitrogens with one attached hydrogen (secondary N) is 1. The van der Waals surface area contributed by atoms with Gasteiger partial charge in [0.1, 0.15) is 11.9 Å². The third-order valence-corrected chi connectivity index (χ3v) is 4.87. The van der Waals surface area contributed by atoms with E-state index in [4.69, 9.17) is 14.7 Å². The molecular weight excluding hydrogens is 262 g/mol. The number of aromatic nitrogens is 2. The molecule has 1 atom stereocenters. The van der Waals surface area contributed by atoms with Gasteiger partial charge in [-0.25, -0.2) is 9.97 Å². The van der Waals surface area contributed by atoms with Gasteiger partial charge >= 0.3 is 0 Å². The molecule has 0 spiro atoms. The summed E-state index contributed by atoms with van der Waals surface area (Å²) < 4.78 is 6.07. The van der Waals surface area contributed by atoms with Crippen molar-refractivity contribution in [2.45, 2.75) is 64.4 Å². The summed E-state index contributed by atoms with van der Waals surface area (Å²) in [6.07, 6.45) is 9.97. The van der Waals surface area contributed by atoms with E-state index in [1.54, 1.807) is 0 Å². The zero-order valence-corrected chi connectivity index (χ0v) is 13.3. The first-order valence-corrected chi connectivity index (χ1v) is 8.52. The van der Waals surface area contributed by atoms with Gasteiger partial charge in [-0.05, 0) is 44.9 Å². The maximum absolute atomic E-state index is 6.07. The molecule has 2 aliphatic rings. The maximum Gasteiger partial charge on any atom is 0.160 e. The highest BCUT2D eigenvalue weighted by molar-refractivity contribution is 5.48. The highest BCUT2D eigenvalue weighted by Gasteiger charge is 2.30. The Hall–Kier alpha value is -1.16. The van der Waals surface area contributed by atoms with Crippen LogP contribution in [0.25, 0.3) is 0 Å². The number of hydrogen-bond donors (Lipinski definition) is 1. The third kappa shape index (κ3) is 3.05. The minimum Gasteiger partial charge on any atom is -0.373 e. The number of anilines is 1. The Morgan fingerprint density at radius 2 is 1.95 bits per heavy atom. The summed E-state index contributed by atoms with van der Waals surface area (Å²) in [4.78, 5) is 9.69. The summed E-state index contributed by atoms with van der Waals surface area (Å²) in [7, 11) is 1.96. The largest absolute Gasteiger partial charge is 0.373 e. The second kappa shape index (κ2) is 6.73. The van der Waals surface area contributed by atoms with Crippen LogP contribution >= 0.6 is 0 Å². The molecule has 3 rings (SSSR count). The van der Waals surface area contributed by atoms with Crippen molar-refractivity contribution in [3.63, 3.8) is 0 Å². The van der Waals surface area contributed by atoms with Crippen molar-refractivity contribution in [2.24, 2.45) is 5.92 Å². The van der Waals surface area contributed by atoms with E-state index < -0.39 is 0 Å². The molecule has 4 nitrogen and oxygen atoms in total. The molecule has 0 amide bonds. The number of nitrogens with zero attached hydrogens (tertiary/aromatic N) is 2. The van der Waals surface area contributed by atoms with Crippen molar-refractivity contribution in [2.75, 3.05) is 19.0 Å². The summed E-state index contributed by atoms with van der Waals surface area (Å²) in [6.45, 7) is 2.80. The molecule has 116 valence electrons. The zero-order valence-electron chi connectivity index (χ0n) is 13.3. The van der Waals surface area contributed by atoms with Gasteiger partial charge in [-0.1, -0.05) is 19.3 Å². The molecule has 21 heavy (non-hydrogen) atoms. The minimum atomic E-state index is 0.0771. The zero-order chi connectivity index (χ0) is 14.7. The molecule has 1 aromatic heterocycles. The molecule has 0 aliphatic heterocycles. The van der Waals surface area contributed by atoms with Crippen LogP contribution in [0.4, 0.5) is 5.82 Å². The van der Waals surface area contributed by atoms with Gasteiger partial charge in [-0.15, -0.1) is 0 Å². The van der Waals surface area contributed by atoms with Gasteiger partial charge < -0.3 is 10.1 Å². The monoisotopic (exact) mass is 289 g/mol. The van der Waals surface area contributed by atoms with E-state index in [0.717, 1.165) is 31.1 Å². The van der Waals surface area contributed by atoms with Crippen LogP contribution in [0.15, 0.2) is 0 Å². The van der Waals surface area contributed by atoms with E-state index in [2.05, 4.69) is 12.2 Å². The van der Waals surface area contributed by atoms with Gasteiger partial charge in [-0.3, -0.25) is 0 Å². The average molecular weight is 289 g/mol. The van der Waals surface area contributed by atoms with E-state index in [1.807, 2.05) is 7.05 Å². The van der Waals surface area contributed by atoms with Gasteiger partial charge in [0.2, 0.25) is 0 Å². The van der Waals surface area contributed by atoms with Crippen LogP contribution in [0.2, 0.25) is 0 Å². The minimum absolute atomic E-state index is 0.0771. The van der Waals surface area contributed by atoms with E-state index in [0.29, 0.717) is 5.92 Å². The molecule has 0 radical (unpaired) electrons. The molecule has 1 heterocycles. The molecule has 1 N–H and O–H groups in total. The van der Waals surface area contributed by atoms with Crippen LogP contribution in [0, 0.1) is 5.92 Å². The highest BCUT2D eigenvalue weighted by Crippen LogP contribution is 2.37. The van der Waals surface area contributed by atoms with Crippen molar-refractivity contribution < 1.29 is 4.74 Å². The molecule has 1 aromatic rings. The number of rotatable bonds is 5. The van der Waals surface area contributed by atoms with Crippen LogP contribution < -0.4 is 5.32 Å². The van der Waals surface area contributed by atoms with Gasteiger partial charge in [-0.2, -0.15) is 0 Å². The van der Waals surface area contributed by atoms with Crippen molar-refractivity contribution in [3.05, 3.63) is 17.1 Å². The first kappa shape index (κ1) is 14.8. The van der Waals surface area contributed by atoms with E-state index in [-0.39, 0.29) is 6.10 Å². The van der Waals surface area contributed by atoms with Gasteiger partial charge in [0.05, 0.1) is 0 Å². The SMILES string of the molecule is CCOC(c1nc2c(c(NC)n1)CCC2)C1CCCCC1. The number of aryl methyl sites for hydroxylation is 1. The summed E-state index contributed by atoms with van der Waals surface area (Å²) in [5.74, 6) is 2.52. The molecule has 0 saturated heterocycles. The third-order valence-electron chi connectivity index (χ3n) is 4.87. The van der Waals surface area contributed by atoms with Crippen molar-refractivity contribution in [1.29, 1.82) is 0 Å². The van der Waals surface area contributed by atoms with Crippen LogP contribution in [0.5, 0.6) is 0 Å². The van der Waals surface area contributed by atoms with Crippen molar-refractivity contribution >= 4 is 5.82 Å². The van der Waals surface area contributed by atoms with E-state index >= 15 is 0 Å². The first-order chi connectivity index (χ1) is 10.3. The fraction of sp³-hybridized carbons (Fsp3) is 0.765. The smallest absolute Gasteiger partial charge is 0.160 e. The molecule has 2 aliphatic carbocycles. The Bertz CT molecular complexity index is 483. The summed E-state index contributed by atoms with van der Waals surface area (Å²) in [5.41, 5.74) is 2.56. The Morgan fingerprint density at radius 3 is 2.67 bits per heavy atom. The van der Waals surface area contributed by atoms with Crippen molar-refractivity contribution in [1.82, 2.24) is 9.97 Å². The lowest BCUT2D eigenvalue weighted by Gasteiger charge is -2.29. The van der Waals surface area contributed by atoms with Gasteiger partial charge in [0, 0.05) is 24.9 Å². The molecule has 1 unspecified atom stereocenters. The van der Waals surface area contributed by atoms with Crippen molar-refractivity contribution in [3.8, 4) is 0 Å². The highest BCUT2D eigenvalue weighted by atomic mass is 16.5. The lowest BCUT2D eigenvalue weighted by Crippen LogP contribution is -2.22. The fourth-order valence-electron chi connectivity index (χ4n) is 3.82. The molecule has 4 heteroatoms. The quantitative estimate of drug-likeness (QED) is 0.898. The Morgan fingerprint density at radius 1 is 1.14 bits per heavy atom. The number of ether oxygens (including phenoxy) is 1. The second-order valence-corrected chi connectivity index (χ2v) is 6.23. The standard InChI is InChI=1S/C17H27N3O/c1-3-21-15(12-8-5-4-6-9-12)17-19-14-11-7-10-13(14)16(18-2)20-17/h12,15H,3-11H2,1-2H3,(H,18,19,20). The molecule has 0 bridgehead atoms. The topological polar surface area (TPSA) is 47.0 Å². The summed E-state index contributed by atoms with van der Waals surface area (Å²) >= 11 is 0. The fourth-order valence-corrected chi connectivity index (χ4v) is 3.82. The van der Waals surface area contributed by atoms with Gasteiger partial charge in [0.25, 0.3) is 0 Å². The Kier molecular flexibility index (Phi) is 4.73. The average Bonchev–Trinajstić information content (AvgIpc) is 3.01. The molecular formula is C17H27N3O. The van der Waals surface area contributed by atoms with Crippen LogP contribution in [0.1, 0.15) is 68.6 Å². The van der Waals surface area contributed by atoms with Gasteiger partial charge in [0.15, 0.2) is 5.82 Å². The van der Waals surface area contributed by atoms with Crippen LogP contribution in [0.3, 0.4) is 0 Å². The Balaban J connectivity index is 1.91. The van der Waals surface area contributed by atoms with Crippen LogP contribution in [-0.2, 0) is 17.6 Å². The normalized spacial score (nSPS) is 20.3. The Labute approximate surface area is 127 Å². The number of fused-ring (bicyclic) bond motifs is 1. The summed E-state index contributed by atoms with van der Waals surface area (Å²) in [6, 6.07) is 0. The molecule has 0 aromatic carbocycles. The molecule has 1 saturated carbocycles.